The molecule has 1 heterocycles. The van der Waals surface area contributed by atoms with Crippen molar-refractivity contribution in [3.63, 3.8) is 0 Å². The number of benzene rings is 1. The van der Waals surface area contributed by atoms with Crippen molar-refractivity contribution in [3.8, 4) is 0 Å². The van der Waals surface area contributed by atoms with Crippen molar-refractivity contribution in [2.24, 2.45) is 0 Å². The quantitative estimate of drug-likeness (QED) is 0.610. The van der Waals surface area contributed by atoms with E-state index in [1.165, 1.54) is 11.1 Å². The Morgan fingerprint density at radius 1 is 1.38 bits per heavy atom. The molecular formula is C17H21BrO3. The zero-order chi connectivity index (χ0) is 15.1. The number of rotatable bonds is 4. The summed E-state index contributed by atoms with van der Waals surface area (Å²) >= 11 is 3.52. The maximum atomic E-state index is 12.4. The second-order valence-electron chi connectivity index (χ2n) is 5.98. The number of halogens is 1. The highest BCUT2D eigenvalue weighted by atomic mass is 79.9. The third-order valence-electron chi connectivity index (χ3n) is 4.71. The van der Waals surface area contributed by atoms with E-state index in [-0.39, 0.29) is 11.6 Å². The lowest BCUT2D eigenvalue weighted by Gasteiger charge is -2.25. The minimum absolute atomic E-state index is 0.174. The van der Waals surface area contributed by atoms with Crippen LogP contribution in [0, 0.1) is 0 Å². The van der Waals surface area contributed by atoms with Crippen molar-refractivity contribution in [2.45, 2.75) is 57.2 Å². The van der Waals surface area contributed by atoms with Crippen LogP contribution in [0.5, 0.6) is 0 Å². The van der Waals surface area contributed by atoms with Gasteiger partial charge in [0, 0.05) is 10.9 Å². The summed E-state index contributed by atoms with van der Waals surface area (Å²) in [6.07, 6.45) is 4.34. The molecule has 0 saturated carbocycles. The molecular weight excluding hydrogens is 332 g/mol. The van der Waals surface area contributed by atoms with Gasteiger partial charge in [-0.2, -0.15) is 0 Å². The van der Waals surface area contributed by atoms with E-state index < -0.39 is 5.60 Å². The summed E-state index contributed by atoms with van der Waals surface area (Å²) < 4.78 is 12.5. The number of carbonyl (C=O) groups is 1. The van der Waals surface area contributed by atoms with Gasteiger partial charge in [-0.15, -0.1) is 0 Å². The molecule has 1 saturated heterocycles. The smallest absolute Gasteiger partial charge is 0.341 e. The lowest BCUT2D eigenvalue weighted by Crippen LogP contribution is -2.39. The van der Waals surface area contributed by atoms with E-state index >= 15 is 0 Å². The molecule has 2 unspecified atom stereocenters. The monoisotopic (exact) mass is 352 g/mol. The maximum absolute atomic E-state index is 12.4. The Balaban J connectivity index is 1.87. The highest BCUT2D eigenvalue weighted by Gasteiger charge is 2.74. The number of hydrogen-bond donors (Lipinski definition) is 0. The van der Waals surface area contributed by atoms with Gasteiger partial charge in [0.1, 0.15) is 5.60 Å². The number of carbonyl (C=O) groups excluding carboxylic acids is 1. The van der Waals surface area contributed by atoms with Gasteiger partial charge in [-0.3, -0.25) is 0 Å². The Labute approximate surface area is 134 Å². The molecule has 4 heteroatoms. The van der Waals surface area contributed by atoms with E-state index in [0.29, 0.717) is 6.61 Å². The van der Waals surface area contributed by atoms with Gasteiger partial charge < -0.3 is 9.47 Å². The average Bonchev–Trinajstić information content (AvgIpc) is 3.08. The molecule has 1 aliphatic carbocycles. The third-order valence-corrected chi connectivity index (χ3v) is 5.21. The molecule has 1 aromatic rings. The molecule has 1 aromatic carbocycles. The number of epoxide rings is 1. The van der Waals surface area contributed by atoms with Gasteiger partial charge in [-0.25, -0.2) is 4.79 Å². The molecule has 1 spiro atoms. The summed E-state index contributed by atoms with van der Waals surface area (Å²) in [5.41, 5.74) is 1.62. The van der Waals surface area contributed by atoms with Gasteiger partial charge >= 0.3 is 5.97 Å². The lowest BCUT2D eigenvalue weighted by atomic mass is 9.75. The third kappa shape index (κ3) is 2.33. The number of aryl methyl sites for hydroxylation is 1. The molecule has 0 radical (unpaired) electrons. The molecule has 3 nitrogen and oxygen atoms in total. The van der Waals surface area contributed by atoms with Crippen LogP contribution in [0.1, 0.15) is 44.2 Å². The Kier molecular flexibility index (Phi) is 3.87. The second kappa shape index (κ2) is 5.40. The van der Waals surface area contributed by atoms with Crippen molar-refractivity contribution in [1.82, 2.24) is 0 Å². The van der Waals surface area contributed by atoms with E-state index in [1.807, 2.05) is 6.92 Å². The molecule has 0 amide bonds. The average molecular weight is 353 g/mol. The van der Waals surface area contributed by atoms with Crippen molar-refractivity contribution < 1.29 is 14.3 Å². The van der Waals surface area contributed by atoms with Crippen LogP contribution in [0.3, 0.4) is 0 Å². The largest absolute Gasteiger partial charge is 0.464 e. The van der Waals surface area contributed by atoms with E-state index in [1.54, 1.807) is 0 Å². The Hall–Kier alpha value is -0.870. The molecule has 21 heavy (non-hydrogen) atoms. The van der Waals surface area contributed by atoms with Crippen molar-refractivity contribution >= 4 is 21.9 Å². The predicted octanol–water partition coefficient (Wildman–Crippen LogP) is 3.81. The first kappa shape index (κ1) is 15.0. The number of fused-ring (bicyclic) bond motifs is 1. The summed E-state index contributed by atoms with van der Waals surface area (Å²) in [6, 6.07) is 6.38. The molecule has 1 aliphatic heterocycles. The van der Waals surface area contributed by atoms with Gasteiger partial charge in [0.2, 0.25) is 0 Å². The molecule has 0 N–H and O–H groups in total. The van der Waals surface area contributed by atoms with Crippen molar-refractivity contribution in [2.75, 3.05) is 6.61 Å². The maximum Gasteiger partial charge on any atom is 0.341 e. The van der Waals surface area contributed by atoms with Crippen LogP contribution in [-0.4, -0.2) is 23.8 Å². The van der Waals surface area contributed by atoms with Crippen LogP contribution in [0.25, 0.3) is 0 Å². The van der Waals surface area contributed by atoms with Crippen molar-refractivity contribution in [1.29, 1.82) is 0 Å². The molecule has 3 rings (SSSR count). The minimum Gasteiger partial charge on any atom is -0.464 e. The Morgan fingerprint density at radius 2 is 2.19 bits per heavy atom. The van der Waals surface area contributed by atoms with Gasteiger partial charge in [-0.1, -0.05) is 35.3 Å². The second-order valence-corrected chi connectivity index (χ2v) is 6.90. The summed E-state index contributed by atoms with van der Waals surface area (Å²) in [6.45, 7) is 4.35. The molecule has 114 valence electrons. The van der Waals surface area contributed by atoms with E-state index in [9.17, 15) is 4.79 Å². The van der Waals surface area contributed by atoms with Gasteiger partial charge in [0.05, 0.1) is 6.61 Å². The van der Waals surface area contributed by atoms with Gasteiger partial charge in [0.25, 0.3) is 0 Å². The number of hydrogen-bond acceptors (Lipinski definition) is 3. The molecule has 2 atom stereocenters. The number of ether oxygens (including phenoxy) is 2. The summed E-state index contributed by atoms with van der Waals surface area (Å²) in [5, 5.41) is 0. The Morgan fingerprint density at radius 3 is 2.90 bits per heavy atom. The summed E-state index contributed by atoms with van der Waals surface area (Å²) in [5.74, 6) is -0.174. The van der Waals surface area contributed by atoms with Crippen LogP contribution < -0.4 is 0 Å². The normalized spacial score (nSPS) is 30.0. The zero-order valence-corrected chi connectivity index (χ0v) is 14.2. The fraction of sp³-hybridized carbons (Fsp3) is 0.588. The summed E-state index contributed by atoms with van der Waals surface area (Å²) in [4.78, 5) is 12.4. The van der Waals surface area contributed by atoms with E-state index in [2.05, 4.69) is 41.1 Å². The Bertz CT molecular complexity index is 571. The first-order chi connectivity index (χ1) is 10.1. The first-order valence-corrected chi connectivity index (χ1v) is 8.51. The molecule has 1 fully saturated rings. The van der Waals surface area contributed by atoms with Crippen LogP contribution >= 0.6 is 15.9 Å². The van der Waals surface area contributed by atoms with Crippen LogP contribution in [0.2, 0.25) is 0 Å². The zero-order valence-electron chi connectivity index (χ0n) is 12.6. The molecule has 0 bridgehead atoms. The first-order valence-electron chi connectivity index (χ1n) is 7.71. The summed E-state index contributed by atoms with van der Waals surface area (Å²) in [7, 11) is 0. The van der Waals surface area contributed by atoms with Crippen LogP contribution in [0.4, 0.5) is 0 Å². The topological polar surface area (TPSA) is 38.8 Å². The highest BCUT2D eigenvalue weighted by Crippen LogP contribution is 2.58. The van der Waals surface area contributed by atoms with E-state index in [4.69, 9.17) is 9.47 Å². The predicted molar refractivity (Wildman–Crippen MR) is 84.3 cm³/mol. The number of esters is 1. The van der Waals surface area contributed by atoms with Crippen LogP contribution in [0.15, 0.2) is 22.7 Å². The minimum atomic E-state index is -0.706. The molecule has 0 aromatic heterocycles. The fourth-order valence-electron chi connectivity index (χ4n) is 3.68. The molecule has 2 aliphatic rings. The highest BCUT2D eigenvalue weighted by molar-refractivity contribution is 9.10. The fourth-order valence-corrected chi connectivity index (χ4v) is 4.09. The van der Waals surface area contributed by atoms with Gasteiger partial charge in [-0.05, 0) is 49.4 Å². The van der Waals surface area contributed by atoms with Crippen molar-refractivity contribution in [3.05, 3.63) is 33.8 Å². The standard InChI is InChI=1S/C17H21BrO3/c1-3-8-17(15(19)20-4-2)16(21-17)9-7-12-10-14(18)6-5-13(12)11-16/h5-6,10H,3-4,7-9,11H2,1-2H3. The lowest BCUT2D eigenvalue weighted by molar-refractivity contribution is -0.149. The van der Waals surface area contributed by atoms with Gasteiger partial charge in [0.15, 0.2) is 5.60 Å². The SMILES string of the molecule is CCCC1(C(=O)OCC)OC12CCc1cc(Br)ccc1C2. The van der Waals surface area contributed by atoms with E-state index in [0.717, 1.165) is 36.6 Å². The van der Waals surface area contributed by atoms with Crippen LogP contribution in [-0.2, 0) is 27.1 Å².